The molecule has 1 fully saturated rings. The molecule has 25 heavy (non-hydrogen) atoms. The Bertz CT molecular complexity index is 911. The second kappa shape index (κ2) is 6.41. The maximum Gasteiger partial charge on any atom is 0.274 e. The number of nitrogens with zero attached hydrogens (tertiary/aromatic N) is 4. The Morgan fingerprint density at radius 2 is 1.72 bits per heavy atom. The van der Waals surface area contributed by atoms with Crippen molar-refractivity contribution in [1.82, 2.24) is 14.3 Å². The molecule has 5 nitrogen and oxygen atoms in total. The number of amides is 1. The average Bonchev–Trinajstić information content (AvgIpc) is 3.05. The average molecular weight is 355 g/mol. The van der Waals surface area contributed by atoms with Crippen LogP contribution in [-0.4, -0.2) is 46.4 Å². The molecule has 1 aliphatic heterocycles. The fraction of sp³-hybridized carbons (Fsp3) is 0.263. The van der Waals surface area contributed by atoms with Gasteiger partial charge in [-0.3, -0.25) is 4.79 Å². The third kappa shape index (κ3) is 3.20. The standard InChI is InChI=1S/C19H19ClN4O/c1-14-2-5-16(6-3-14)22-8-10-23(11-9-22)19(25)17-13-24-12-15(20)4-7-18(24)21-17/h2-7,12-13H,8-11H2,1H3. The zero-order chi connectivity index (χ0) is 17.4. The minimum Gasteiger partial charge on any atom is -0.368 e. The molecule has 0 spiro atoms. The summed E-state index contributed by atoms with van der Waals surface area (Å²) in [6.07, 6.45) is 3.51. The number of carbonyl (C=O) groups excluding carboxylic acids is 1. The quantitative estimate of drug-likeness (QED) is 0.709. The fourth-order valence-electron chi connectivity index (χ4n) is 3.15. The summed E-state index contributed by atoms with van der Waals surface area (Å²) in [5, 5.41) is 0.621. The molecular formula is C19H19ClN4O. The van der Waals surface area contributed by atoms with Crippen molar-refractivity contribution in [3.05, 3.63) is 65.1 Å². The highest BCUT2D eigenvalue weighted by Crippen LogP contribution is 2.18. The number of hydrogen-bond acceptors (Lipinski definition) is 3. The van der Waals surface area contributed by atoms with Crippen LogP contribution in [0.3, 0.4) is 0 Å². The van der Waals surface area contributed by atoms with Crippen LogP contribution in [-0.2, 0) is 0 Å². The smallest absolute Gasteiger partial charge is 0.274 e. The summed E-state index contributed by atoms with van der Waals surface area (Å²) in [5.74, 6) is -0.0246. The van der Waals surface area contributed by atoms with Gasteiger partial charge >= 0.3 is 0 Å². The summed E-state index contributed by atoms with van der Waals surface area (Å²) < 4.78 is 1.79. The maximum absolute atomic E-state index is 12.7. The minimum absolute atomic E-state index is 0.0246. The molecule has 3 heterocycles. The lowest BCUT2D eigenvalue weighted by Gasteiger charge is -2.35. The van der Waals surface area contributed by atoms with Crippen LogP contribution in [0.2, 0.25) is 5.02 Å². The number of halogens is 1. The fourth-order valence-corrected chi connectivity index (χ4v) is 3.32. The van der Waals surface area contributed by atoms with Crippen LogP contribution in [0.1, 0.15) is 16.1 Å². The topological polar surface area (TPSA) is 40.9 Å². The first kappa shape index (κ1) is 16.0. The number of carbonyl (C=O) groups is 1. The van der Waals surface area contributed by atoms with Crippen LogP contribution in [0.4, 0.5) is 5.69 Å². The van der Waals surface area contributed by atoms with E-state index in [4.69, 9.17) is 11.6 Å². The first-order valence-corrected chi connectivity index (χ1v) is 8.73. The SMILES string of the molecule is Cc1ccc(N2CCN(C(=O)c3cn4cc(Cl)ccc4n3)CC2)cc1. The molecule has 0 unspecified atom stereocenters. The Balaban J connectivity index is 1.46. The van der Waals surface area contributed by atoms with Crippen LogP contribution >= 0.6 is 11.6 Å². The lowest BCUT2D eigenvalue weighted by atomic mass is 10.2. The molecule has 4 rings (SSSR count). The van der Waals surface area contributed by atoms with Crippen molar-refractivity contribution in [2.45, 2.75) is 6.92 Å². The van der Waals surface area contributed by atoms with E-state index in [1.54, 1.807) is 22.9 Å². The van der Waals surface area contributed by atoms with Gasteiger partial charge in [0.05, 0.1) is 5.02 Å². The molecule has 6 heteroatoms. The van der Waals surface area contributed by atoms with Crippen LogP contribution in [0.15, 0.2) is 48.8 Å². The highest BCUT2D eigenvalue weighted by atomic mass is 35.5. The number of fused-ring (bicyclic) bond motifs is 1. The van der Waals surface area contributed by atoms with Gasteiger partial charge in [-0.2, -0.15) is 0 Å². The Labute approximate surface area is 151 Å². The molecule has 1 aliphatic rings. The van der Waals surface area contributed by atoms with E-state index in [0.717, 1.165) is 18.7 Å². The number of aromatic nitrogens is 2. The molecule has 0 N–H and O–H groups in total. The number of aryl methyl sites for hydroxylation is 1. The van der Waals surface area contributed by atoms with Crippen molar-refractivity contribution in [3.8, 4) is 0 Å². The molecule has 1 amide bonds. The van der Waals surface area contributed by atoms with Crippen LogP contribution in [0.5, 0.6) is 0 Å². The maximum atomic E-state index is 12.7. The number of benzene rings is 1. The van der Waals surface area contributed by atoms with E-state index in [1.165, 1.54) is 11.3 Å². The van der Waals surface area contributed by atoms with Crippen LogP contribution in [0, 0.1) is 6.92 Å². The third-order valence-electron chi connectivity index (χ3n) is 4.60. The van der Waals surface area contributed by atoms with E-state index < -0.39 is 0 Å². The summed E-state index contributed by atoms with van der Waals surface area (Å²) in [6.45, 7) is 5.13. The first-order valence-electron chi connectivity index (χ1n) is 8.35. The van der Waals surface area contributed by atoms with E-state index in [1.807, 2.05) is 11.0 Å². The first-order chi connectivity index (χ1) is 12.1. The van der Waals surface area contributed by atoms with Crippen molar-refractivity contribution in [2.24, 2.45) is 0 Å². The van der Waals surface area contributed by atoms with Gasteiger partial charge in [-0.1, -0.05) is 29.3 Å². The Kier molecular flexibility index (Phi) is 4.09. The zero-order valence-electron chi connectivity index (χ0n) is 14.0. The second-order valence-electron chi connectivity index (χ2n) is 6.35. The van der Waals surface area contributed by atoms with E-state index >= 15 is 0 Å². The number of anilines is 1. The summed E-state index contributed by atoms with van der Waals surface area (Å²) >= 11 is 5.99. The highest BCUT2D eigenvalue weighted by molar-refractivity contribution is 6.30. The van der Waals surface area contributed by atoms with Gasteiger partial charge in [0.25, 0.3) is 5.91 Å². The number of imidazole rings is 1. The molecule has 1 saturated heterocycles. The normalized spacial score (nSPS) is 15.0. The lowest BCUT2D eigenvalue weighted by Crippen LogP contribution is -2.48. The molecule has 0 bridgehead atoms. The van der Waals surface area contributed by atoms with Gasteiger partial charge in [0, 0.05) is 44.3 Å². The van der Waals surface area contributed by atoms with E-state index in [-0.39, 0.29) is 5.91 Å². The molecule has 0 saturated carbocycles. The van der Waals surface area contributed by atoms with Gasteiger partial charge in [0.2, 0.25) is 0 Å². The lowest BCUT2D eigenvalue weighted by molar-refractivity contribution is 0.0741. The van der Waals surface area contributed by atoms with Gasteiger partial charge in [0.15, 0.2) is 0 Å². The Morgan fingerprint density at radius 1 is 1.00 bits per heavy atom. The Morgan fingerprint density at radius 3 is 2.44 bits per heavy atom. The highest BCUT2D eigenvalue weighted by Gasteiger charge is 2.24. The van der Waals surface area contributed by atoms with Crippen LogP contribution < -0.4 is 4.90 Å². The molecule has 0 radical (unpaired) electrons. The van der Waals surface area contributed by atoms with Crippen molar-refractivity contribution in [3.63, 3.8) is 0 Å². The van der Waals surface area contributed by atoms with Crippen molar-refractivity contribution >= 4 is 28.8 Å². The largest absolute Gasteiger partial charge is 0.368 e. The van der Waals surface area contributed by atoms with Gasteiger partial charge in [-0.15, -0.1) is 0 Å². The number of hydrogen-bond donors (Lipinski definition) is 0. The van der Waals surface area contributed by atoms with E-state index in [2.05, 4.69) is 41.1 Å². The molecule has 3 aromatic rings. The van der Waals surface area contributed by atoms with Crippen molar-refractivity contribution in [1.29, 1.82) is 0 Å². The van der Waals surface area contributed by atoms with Crippen LogP contribution in [0.25, 0.3) is 5.65 Å². The molecule has 1 aromatic carbocycles. The molecule has 0 atom stereocenters. The monoisotopic (exact) mass is 354 g/mol. The van der Waals surface area contributed by atoms with E-state index in [9.17, 15) is 4.79 Å². The number of piperazine rings is 1. The summed E-state index contributed by atoms with van der Waals surface area (Å²) in [5.41, 5.74) is 3.65. The van der Waals surface area contributed by atoms with Gasteiger partial charge in [-0.05, 0) is 31.2 Å². The second-order valence-corrected chi connectivity index (χ2v) is 6.79. The molecule has 0 aliphatic carbocycles. The van der Waals surface area contributed by atoms with Gasteiger partial charge < -0.3 is 14.2 Å². The summed E-state index contributed by atoms with van der Waals surface area (Å²) in [7, 11) is 0. The number of pyridine rings is 1. The predicted molar refractivity (Wildman–Crippen MR) is 99.5 cm³/mol. The van der Waals surface area contributed by atoms with Crippen molar-refractivity contribution in [2.75, 3.05) is 31.1 Å². The molecular weight excluding hydrogens is 336 g/mol. The zero-order valence-corrected chi connectivity index (χ0v) is 14.8. The van der Waals surface area contributed by atoms with E-state index in [0.29, 0.717) is 23.8 Å². The minimum atomic E-state index is -0.0246. The summed E-state index contributed by atoms with van der Waals surface area (Å²) in [6, 6.07) is 12.1. The third-order valence-corrected chi connectivity index (χ3v) is 4.82. The predicted octanol–water partition coefficient (Wildman–Crippen LogP) is 3.26. The molecule has 2 aromatic heterocycles. The van der Waals surface area contributed by atoms with Gasteiger partial charge in [0.1, 0.15) is 11.3 Å². The van der Waals surface area contributed by atoms with Crippen molar-refractivity contribution < 1.29 is 4.79 Å². The number of rotatable bonds is 2. The summed E-state index contributed by atoms with van der Waals surface area (Å²) in [4.78, 5) is 21.3. The van der Waals surface area contributed by atoms with Gasteiger partial charge in [-0.25, -0.2) is 4.98 Å². The molecule has 128 valence electrons. The Hall–Kier alpha value is -2.53.